The van der Waals surface area contributed by atoms with Crippen LogP contribution in [-0.4, -0.2) is 6.16 Å². The van der Waals surface area contributed by atoms with Gasteiger partial charge in [-0.25, -0.2) is 0 Å². The third-order valence-corrected chi connectivity index (χ3v) is 5.01. The van der Waals surface area contributed by atoms with Crippen LogP contribution in [0, 0.1) is 12.8 Å². The van der Waals surface area contributed by atoms with E-state index in [-0.39, 0.29) is 0 Å². The largest absolute Gasteiger partial charge is 0.377 e. The van der Waals surface area contributed by atoms with Crippen LogP contribution in [0.5, 0.6) is 0 Å². The number of unbranched alkanes of at least 4 members (excludes halogenated alkanes) is 1. The second-order valence-corrected chi connectivity index (χ2v) is 6.45. The molecule has 0 bridgehead atoms. The van der Waals surface area contributed by atoms with Crippen LogP contribution >= 0.6 is 7.80 Å². The van der Waals surface area contributed by atoms with E-state index in [2.05, 4.69) is 32.9 Å². The third kappa shape index (κ3) is 5.00. The molecule has 1 aromatic carbocycles. The molecule has 2 heteroatoms. The molecule has 94 valence electrons. The standard InChI is InChI=1S/C15H24OP/c1-4-6-7-14(5-2)12-17(16)15-10-8-13(3)9-11-15/h8-11,14H,4-7,12H2,1-3H3/q+1. The fraction of sp³-hybridized carbons (Fsp3) is 0.600. The van der Waals surface area contributed by atoms with Gasteiger partial charge in [0.25, 0.3) is 0 Å². The van der Waals surface area contributed by atoms with Crippen LogP contribution < -0.4 is 5.30 Å². The first kappa shape index (κ1) is 14.4. The number of hydrogen-bond donors (Lipinski definition) is 0. The molecule has 0 heterocycles. The van der Waals surface area contributed by atoms with E-state index in [4.69, 9.17) is 0 Å². The summed E-state index contributed by atoms with van der Waals surface area (Å²) in [6, 6.07) is 8.13. The van der Waals surface area contributed by atoms with Gasteiger partial charge in [0, 0.05) is 5.92 Å². The molecular formula is C15H24OP+. The molecule has 2 unspecified atom stereocenters. The van der Waals surface area contributed by atoms with E-state index in [0.29, 0.717) is 5.92 Å². The molecule has 0 aliphatic heterocycles. The van der Waals surface area contributed by atoms with Crippen LogP contribution in [0.2, 0.25) is 0 Å². The van der Waals surface area contributed by atoms with E-state index in [9.17, 15) is 4.57 Å². The van der Waals surface area contributed by atoms with Gasteiger partial charge in [-0.1, -0.05) is 49.0 Å². The van der Waals surface area contributed by atoms with Gasteiger partial charge in [-0.15, -0.1) is 0 Å². The summed E-state index contributed by atoms with van der Waals surface area (Å²) in [5, 5.41) is 1.01. The highest BCUT2D eigenvalue weighted by Gasteiger charge is 2.24. The molecule has 0 aromatic heterocycles. The van der Waals surface area contributed by atoms with Crippen LogP contribution in [0.15, 0.2) is 24.3 Å². The zero-order valence-corrected chi connectivity index (χ0v) is 12.2. The molecule has 1 nitrogen and oxygen atoms in total. The molecule has 2 atom stereocenters. The molecule has 0 fully saturated rings. The Kier molecular flexibility index (Phi) is 6.44. The fourth-order valence-corrected chi connectivity index (χ4v) is 3.57. The number of aryl methyl sites for hydroxylation is 1. The number of benzene rings is 1. The van der Waals surface area contributed by atoms with Crippen molar-refractivity contribution in [3.63, 3.8) is 0 Å². The van der Waals surface area contributed by atoms with Gasteiger partial charge >= 0.3 is 7.80 Å². The second-order valence-electron chi connectivity index (χ2n) is 4.81. The highest BCUT2D eigenvalue weighted by molar-refractivity contribution is 7.53. The molecular weight excluding hydrogens is 227 g/mol. The van der Waals surface area contributed by atoms with Crippen LogP contribution in [0.3, 0.4) is 0 Å². The summed E-state index contributed by atoms with van der Waals surface area (Å²) in [6.07, 6.45) is 5.72. The molecule has 0 amide bonds. The predicted molar refractivity (Wildman–Crippen MR) is 76.6 cm³/mol. The van der Waals surface area contributed by atoms with Gasteiger partial charge in [0.2, 0.25) is 0 Å². The van der Waals surface area contributed by atoms with Crippen molar-refractivity contribution in [2.45, 2.75) is 46.5 Å². The molecule has 0 saturated carbocycles. The molecule has 0 aliphatic carbocycles. The molecule has 0 radical (unpaired) electrons. The van der Waals surface area contributed by atoms with Gasteiger partial charge in [-0.05, 0) is 31.9 Å². The van der Waals surface area contributed by atoms with E-state index in [1.807, 2.05) is 12.1 Å². The Balaban J connectivity index is 2.54. The average Bonchev–Trinajstić information content (AvgIpc) is 2.35. The molecule has 0 saturated heterocycles. The summed E-state index contributed by atoms with van der Waals surface area (Å²) in [6.45, 7) is 6.48. The Morgan fingerprint density at radius 1 is 1.18 bits per heavy atom. The lowest BCUT2D eigenvalue weighted by molar-refractivity contribution is 0.489. The van der Waals surface area contributed by atoms with Crippen molar-refractivity contribution < 1.29 is 4.57 Å². The first-order valence-electron chi connectivity index (χ1n) is 6.68. The van der Waals surface area contributed by atoms with Gasteiger partial charge in [0.1, 0.15) is 0 Å². The van der Waals surface area contributed by atoms with Crippen LogP contribution in [0.4, 0.5) is 0 Å². The van der Waals surface area contributed by atoms with Gasteiger partial charge in [-0.3, -0.25) is 0 Å². The molecule has 17 heavy (non-hydrogen) atoms. The van der Waals surface area contributed by atoms with Crippen molar-refractivity contribution >= 4 is 13.1 Å². The summed E-state index contributed by atoms with van der Waals surface area (Å²) < 4.78 is 12.2. The lowest BCUT2D eigenvalue weighted by atomic mass is 10.0. The second kappa shape index (κ2) is 7.61. The van der Waals surface area contributed by atoms with Gasteiger partial charge < -0.3 is 0 Å². The minimum absolute atomic E-state index is 0.625. The zero-order chi connectivity index (χ0) is 12.7. The van der Waals surface area contributed by atoms with E-state index in [1.165, 1.54) is 24.8 Å². The summed E-state index contributed by atoms with van der Waals surface area (Å²) in [5.41, 5.74) is 1.23. The Bertz CT molecular complexity index is 342. The predicted octanol–water partition coefficient (Wildman–Crippen LogP) is 4.66. The van der Waals surface area contributed by atoms with Crippen molar-refractivity contribution in [1.29, 1.82) is 0 Å². The Morgan fingerprint density at radius 2 is 1.82 bits per heavy atom. The smallest absolute Gasteiger partial charge is 0.0681 e. The lowest BCUT2D eigenvalue weighted by Gasteiger charge is -2.07. The summed E-state index contributed by atoms with van der Waals surface area (Å²) in [7, 11) is -1.20. The normalized spacial score (nSPS) is 13.5. The molecule has 0 spiro atoms. The van der Waals surface area contributed by atoms with E-state index in [0.717, 1.165) is 17.9 Å². The average molecular weight is 251 g/mol. The summed E-state index contributed by atoms with van der Waals surface area (Å²) >= 11 is 0. The Labute approximate surface area is 106 Å². The molecule has 1 aromatic rings. The maximum atomic E-state index is 12.2. The van der Waals surface area contributed by atoms with Crippen LogP contribution in [0.1, 0.15) is 45.1 Å². The zero-order valence-electron chi connectivity index (χ0n) is 11.3. The molecule has 0 N–H and O–H groups in total. The lowest BCUT2D eigenvalue weighted by Crippen LogP contribution is -2.07. The van der Waals surface area contributed by atoms with Crippen LogP contribution in [0.25, 0.3) is 0 Å². The monoisotopic (exact) mass is 251 g/mol. The summed E-state index contributed by atoms with van der Waals surface area (Å²) in [5.74, 6) is 0.625. The van der Waals surface area contributed by atoms with Gasteiger partial charge in [-0.2, -0.15) is 0 Å². The first-order valence-corrected chi connectivity index (χ1v) is 8.13. The number of hydrogen-bond acceptors (Lipinski definition) is 1. The Hall–Kier alpha value is -0.680. The van der Waals surface area contributed by atoms with E-state index < -0.39 is 7.80 Å². The van der Waals surface area contributed by atoms with Gasteiger partial charge in [0.15, 0.2) is 11.5 Å². The van der Waals surface area contributed by atoms with E-state index in [1.54, 1.807) is 0 Å². The minimum atomic E-state index is -1.20. The fourth-order valence-electron chi connectivity index (χ4n) is 1.97. The molecule has 0 aliphatic rings. The summed E-state index contributed by atoms with van der Waals surface area (Å²) in [4.78, 5) is 0. The maximum absolute atomic E-state index is 12.2. The van der Waals surface area contributed by atoms with Crippen molar-refractivity contribution in [1.82, 2.24) is 0 Å². The maximum Gasteiger partial charge on any atom is 0.377 e. The van der Waals surface area contributed by atoms with Crippen LogP contribution in [-0.2, 0) is 4.57 Å². The first-order chi connectivity index (χ1) is 8.17. The van der Waals surface area contributed by atoms with Crippen molar-refractivity contribution in [3.8, 4) is 0 Å². The van der Waals surface area contributed by atoms with Crippen molar-refractivity contribution in [3.05, 3.63) is 29.8 Å². The SMILES string of the molecule is CCCCC(CC)C[P+](=O)c1ccc(C)cc1. The van der Waals surface area contributed by atoms with Gasteiger partial charge in [0.05, 0.1) is 0 Å². The highest BCUT2D eigenvalue weighted by Crippen LogP contribution is 2.28. The van der Waals surface area contributed by atoms with Crippen molar-refractivity contribution in [2.75, 3.05) is 6.16 Å². The quantitative estimate of drug-likeness (QED) is 0.644. The Morgan fingerprint density at radius 3 is 2.35 bits per heavy atom. The number of rotatable bonds is 7. The van der Waals surface area contributed by atoms with E-state index >= 15 is 0 Å². The topological polar surface area (TPSA) is 17.1 Å². The highest BCUT2D eigenvalue weighted by atomic mass is 31.1. The molecule has 1 rings (SSSR count). The minimum Gasteiger partial charge on any atom is -0.0681 e. The van der Waals surface area contributed by atoms with Crippen molar-refractivity contribution in [2.24, 2.45) is 5.92 Å². The third-order valence-electron chi connectivity index (χ3n) is 3.29.